The third-order valence-electron chi connectivity index (χ3n) is 3.26. The van der Waals surface area contributed by atoms with Crippen molar-refractivity contribution < 1.29 is 14.0 Å². The van der Waals surface area contributed by atoms with Gasteiger partial charge in [-0.25, -0.2) is 4.39 Å². The molecule has 0 aliphatic heterocycles. The fourth-order valence-electron chi connectivity index (χ4n) is 2.03. The monoisotopic (exact) mass is 334 g/mol. The number of rotatable bonds is 4. The highest BCUT2D eigenvalue weighted by molar-refractivity contribution is 6.39. The van der Waals surface area contributed by atoms with Crippen molar-refractivity contribution in [3.05, 3.63) is 64.9 Å². The number of benzene rings is 2. The summed E-state index contributed by atoms with van der Waals surface area (Å²) in [6.07, 6.45) is 0. The van der Waals surface area contributed by atoms with Gasteiger partial charge in [0.25, 0.3) is 0 Å². The zero-order chi connectivity index (χ0) is 16.8. The van der Waals surface area contributed by atoms with Crippen LogP contribution in [0.25, 0.3) is 0 Å². The van der Waals surface area contributed by atoms with Crippen LogP contribution < -0.4 is 5.32 Å². The first-order chi connectivity index (χ1) is 11.0. The highest BCUT2D eigenvalue weighted by Crippen LogP contribution is 2.19. The zero-order valence-corrected chi connectivity index (χ0v) is 13.3. The molecule has 1 N–H and O–H groups in total. The van der Waals surface area contributed by atoms with Crippen molar-refractivity contribution in [1.82, 2.24) is 4.90 Å². The van der Waals surface area contributed by atoms with Crippen molar-refractivity contribution in [3.8, 4) is 0 Å². The summed E-state index contributed by atoms with van der Waals surface area (Å²) in [5.74, 6) is -2.03. The van der Waals surface area contributed by atoms with Gasteiger partial charge in [-0.2, -0.15) is 0 Å². The van der Waals surface area contributed by atoms with Gasteiger partial charge in [-0.1, -0.05) is 41.9 Å². The molecule has 0 unspecified atom stereocenters. The fraction of sp³-hybridized carbons (Fsp3) is 0.176. The quantitative estimate of drug-likeness (QED) is 0.870. The van der Waals surface area contributed by atoms with Gasteiger partial charge >= 0.3 is 11.8 Å². The summed E-state index contributed by atoms with van der Waals surface area (Å²) in [4.78, 5) is 25.7. The molecule has 0 aromatic heterocycles. The summed E-state index contributed by atoms with van der Waals surface area (Å²) in [5.41, 5.74) is 1.20. The largest absolute Gasteiger partial charge is 0.330 e. The summed E-state index contributed by atoms with van der Waals surface area (Å²) in [5, 5.41) is 2.31. The maximum Gasteiger partial charge on any atom is 0.313 e. The number of amides is 2. The number of nitrogens with one attached hydrogen (secondary N) is 1. The minimum atomic E-state index is -0.787. The van der Waals surface area contributed by atoms with Gasteiger partial charge in [0.1, 0.15) is 5.82 Å². The molecule has 4 nitrogen and oxygen atoms in total. The number of carbonyl (C=O) groups is 2. The van der Waals surface area contributed by atoms with Crippen molar-refractivity contribution in [2.24, 2.45) is 0 Å². The van der Waals surface area contributed by atoms with E-state index in [0.29, 0.717) is 13.1 Å². The zero-order valence-electron chi connectivity index (χ0n) is 12.6. The number of carbonyl (C=O) groups excluding carboxylic acids is 2. The first-order valence-corrected chi connectivity index (χ1v) is 7.48. The summed E-state index contributed by atoms with van der Waals surface area (Å²) >= 11 is 5.65. The van der Waals surface area contributed by atoms with E-state index in [2.05, 4.69) is 5.32 Å². The lowest BCUT2D eigenvalue weighted by Crippen LogP contribution is -2.39. The topological polar surface area (TPSA) is 49.4 Å². The van der Waals surface area contributed by atoms with Gasteiger partial charge in [-0.3, -0.25) is 9.59 Å². The molecular formula is C17H16ClFN2O2. The van der Waals surface area contributed by atoms with Crippen LogP contribution in [0.2, 0.25) is 5.02 Å². The lowest BCUT2D eigenvalue weighted by molar-refractivity contribution is -0.143. The normalized spacial score (nSPS) is 10.2. The molecule has 0 spiro atoms. The van der Waals surface area contributed by atoms with Crippen molar-refractivity contribution >= 4 is 29.1 Å². The molecule has 0 heterocycles. The molecule has 2 rings (SSSR count). The maximum atomic E-state index is 13.1. The first kappa shape index (κ1) is 17.0. The van der Waals surface area contributed by atoms with Crippen LogP contribution in [0.5, 0.6) is 0 Å². The average Bonchev–Trinajstić information content (AvgIpc) is 2.56. The molecule has 2 aromatic carbocycles. The predicted octanol–water partition coefficient (Wildman–Crippen LogP) is 3.47. The Hall–Kier alpha value is -2.40. The Labute approximate surface area is 138 Å². The maximum absolute atomic E-state index is 13.1. The molecule has 2 aromatic rings. The minimum absolute atomic E-state index is 0.119. The SMILES string of the molecule is CCN(Cc1ccccc1)C(=O)C(=O)Nc1ccc(F)c(Cl)c1. The van der Waals surface area contributed by atoms with Crippen molar-refractivity contribution in [2.75, 3.05) is 11.9 Å². The Kier molecular flexibility index (Phi) is 5.71. The lowest BCUT2D eigenvalue weighted by Gasteiger charge is -2.20. The molecule has 0 fully saturated rings. The molecule has 6 heteroatoms. The van der Waals surface area contributed by atoms with E-state index in [1.807, 2.05) is 30.3 Å². The molecule has 0 radical (unpaired) electrons. The fourth-order valence-corrected chi connectivity index (χ4v) is 2.21. The Morgan fingerprint density at radius 1 is 1.17 bits per heavy atom. The number of hydrogen-bond donors (Lipinski definition) is 1. The van der Waals surface area contributed by atoms with Gasteiger partial charge in [-0.05, 0) is 30.7 Å². The van der Waals surface area contributed by atoms with Crippen LogP contribution in [-0.4, -0.2) is 23.3 Å². The summed E-state index contributed by atoms with van der Waals surface area (Å²) < 4.78 is 13.1. The van der Waals surface area contributed by atoms with Crippen molar-refractivity contribution in [3.63, 3.8) is 0 Å². The van der Waals surface area contributed by atoms with E-state index in [0.717, 1.165) is 11.6 Å². The lowest BCUT2D eigenvalue weighted by atomic mass is 10.2. The molecule has 0 atom stereocenters. The van der Waals surface area contributed by atoms with E-state index in [4.69, 9.17) is 11.6 Å². The van der Waals surface area contributed by atoms with Gasteiger partial charge in [0.2, 0.25) is 0 Å². The molecule has 2 amide bonds. The number of anilines is 1. The number of nitrogens with zero attached hydrogens (tertiary/aromatic N) is 1. The Balaban J connectivity index is 2.04. The van der Waals surface area contributed by atoms with Crippen LogP contribution in [-0.2, 0) is 16.1 Å². The van der Waals surface area contributed by atoms with Crippen molar-refractivity contribution in [2.45, 2.75) is 13.5 Å². The van der Waals surface area contributed by atoms with Gasteiger partial charge < -0.3 is 10.2 Å². The van der Waals surface area contributed by atoms with E-state index >= 15 is 0 Å². The van der Waals surface area contributed by atoms with Crippen LogP contribution in [0.15, 0.2) is 48.5 Å². The standard InChI is InChI=1S/C17H16ClFN2O2/c1-2-21(11-12-6-4-3-5-7-12)17(23)16(22)20-13-8-9-15(19)14(18)10-13/h3-10H,2,11H2,1H3,(H,20,22). The molecule has 0 saturated heterocycles. The smallest absolute Gasteiger partial charge is 0.313 e. The van der Waals surface area contributed by atoms with Crippen LogP contribution in [0.3, 0.4) is 0 Å². The van der Waals surface area contributed by atoms with Gasteiger partial charge in [0.15, 0.2) is 0 Å². The van der Waals surface area contributed by atoms with Crippen molar-refractivity contribution in [1.29, 1.82) is 0 Å². The third-order valence-corrected chi connectivity index (χ3v) is 3.55. The highest BCUT2D eigenvalue weighted by Gasteiger charge is 2.21. The van der Waals surface area contributed by atoms with Crippen LogP contribution in [0.4, 0.5) is 10.1 Å². The number of hydrogen-bond acceptors (Lipinski definition) is 2. The first-order valence-electron chi connectivity index (χ1n) is 7.10. The summed E-state index contributed by atoms with van der Waals surface area (Å²) in [7, 11) is 0. The molecule has 0 saturated carbocycles. The molecule has 23 heavy (non-hydrogen) atoms. The predicted molar refractivity (Wildman–Crippen MR) is 87.6 cm³/mol. The van der Waals surface area contributed by atoms with Crippen LogP contribution >= 0.6 is 11.6 Å². The van der Waals surface area contributed by atoms with Gasteiger partial charge in [0.05, 0.1) is 5.02 Å². The van der Waals surface area contributed by atoms with Gasteiger partial charge in [-0.15, -0.1) is 0 Å². The van der Waals surface area contributed by atoms with E-state index in [9.17, 15) is 14.0 Å². The summed E-state index contributed by atoms with van der Waals surface area (Å²) in [6.45, 7) is 2.53. The average molecular weight is 335 g/mol. The second-order valence-electron chi connectivity index (χ2n) is 4.89. The van der Waals surface area contributed by atoms with E-state index < -0.39 is 17.6 Å². The van der Waals surface area contributed by atoms with Crippen LogP contribution in [0.1, 0.15) is 12.5 Å². The second-order valence-corrected chi connectivity index (χ2v) is 5.30. The summed E-state index contributed by atoms with van der Waals surface area (Å²) in [6, 6.07) is 13.1. The number of likely N-dealkylation sites (N-methyl/N-ethyl adjacent to an activating group) is 1. The Morgan fingerprint density at radius 3 is 2.48 bits per heavy atom. The van der Waals surface area contributed by atoms with E-state index in [1.54, 1.807) is 6.92 Å². The highest BCUT2D eigenvalue weighted by atomic mass is 35.5. The molecule has 120 valence electrons. The molecule has 0 aliphatic carbocycles. The van der Waals surface area contributed by atoms with Crippen LogP contribution in [0, 0.1) is 5.82 Å². The second kappa shape index (κ2) is 7.74. The Bertz CT molecular complexity index is 707. The Morgan fingerprint density at radius 2 is 1.87 bits per heavy atom. The van der Waals surface area contributed by atoms with E-state index in [-0.39, 0.29) is 10.7 Å². The minimum Gasteiger partial charge on any atom is -0.330 e. The van der Waals surface area contributed by atoms with Gasteiger partial charge in [0, 0.05) is 18.8 Å². The molecule has 0 bridgehead atoms. The third kappa shape index (κ3) is 4.53. The molecule has 0 aliphatic rings. The number of halogens is 2. The molecular weight excluding hydrogens is 319 g/mol. The van der Waals surface area contributed by atoms with E-state index in [1.165, 1.54) is 17.0 Å².